The molecule has 0 heterocycles. The van der Waals surface area contributed by atoms with Crippen LogP contribution in [0.1, 0.15) is 0 Å². The van der Waals surface area contributed by atoms with Crippen LogP contribution in [0.5, 0.6) is 0 Å². The van der Waals surface area contributed by atoms with E-state index in [1.807, 2.05) is 0 Å². The fourth-order valence-electron chi connectivity index (χ4n) is 0.385. The van der Waals surface area contributed by atoms with Gasteiger partial charge in [0.1, 0.15) is 4.48 Å². The van der Waals surface area contributed by atoms with Gasteiger partial charge in [0.25, 0.3) is 0 Å². The molecule has 0 unspecified atom stereocenters. The van der Waals surface area contributed by atoms with E-state index in [2.05, 4.69) is 36.6 Å². The summed E-state index contributed by atoms with van der Waals surface area (Å²) in [7, 11) is 1.23. The van der Waals surface area contributed by atoms with Gasteiger partial charge in [0.05, 0.1) is 7.11 Å². The van der Waals surface area contributed by atoms with Crippen molar-refractivity contribution in [1.82, 2.24) is 0 Å². The summed E-state index contributed by atoms with van der Waals surface area (Å²) in [5.41, 5.74) is 0. The smallest absolute Gasteiger partial charge is 0.343 e. The quantitative estimate of drug-likeness (QED) is 0.490. The van der Waals surface area contributed by atoms with Gasteiger partial charge in [-0.1, -0.05) is 0 Å². The number of carbonyl (C=O) groups excluding carboxylic acids is 1. The molecule has 0 amide bonds. The third-order valence-electron chi connectivity index (χ3n) is 0.964. The van der Waals surface area contributed by atoms with Crippen molar-refractivity contribution >= 4 is 43.8 Å². The Morgan fingerprint density at radius 3 is 2.23 bits per heavy atom. The van der Waals surface area contributed by atoms with Gasteiger partial charge < -0.3 is 9.84 Å². The lowest BCUT2D eigenvalue weighted by molar-refractivity contribution is -0.135. The molecule has 0 aliphatic heterocycles. The lowest BCUT2D eigenvalue weighted by Gasteiger charge is -1.93. The fraction of sp³-hybridized carbons (Fsp3) is 0.143. The molecule has 4 nitrogen and oxygen atoms in total. The predicted molar refractivity (Wildman–Crippen MR) is 53.7 cm³/mol. The number of ether oxygens (including phenoxy) is 1. The summed E-state index contributed by atoms with van der Waals surface area (Å²) in [5, 5.41) is 8.49. The molecule has 0 aliphatic carbocycles. The van der Waals surface area contributed by atoms with Crippen LogP contribution in [0.25, 0.3) is 0 Å². The predicted octanol–water partition coefficient (Wildman–Crippen LogP) is 1.80. The van der Waals surface area contributed by atoms with Crippen molar-refractivity contribution in [3.8, 4) is 0 Å². The number of carboxylic acids is 1. The number of methoxy groups -OCH3 is 1. The number of hydrogen-bond donors (Lipinski definition) is 1. The molecule has 0 fully saturated rings. The summed E-state index contributed by atoms with van der Waals surface area (Å²) in [4.78, 5) is 21.0. The van der Waals surface area contributed by atoms with Crippen LogP contribution in [0.2, 0.25) is 0 Å². The van der Waals surface area contributed by atoms with E-state index in [0.29, 0.717) is 0 Å². The number of aliphatic carboxylic acids is 1. The van der Waals surface area contributed by atoms with E-state index in [9.17, 15) is 9.59 Å². The largest absolute Gasteiger partial charge is 0.477 e. The summed E-state index contributed by atoms with van der Waals surface area (Å²) >= 11 is 5.77. The van der Waals surface area contributed by atoms with Gasteiger partial charge in [-0.25, -0.2) is 9.59 Å². The first kappa shape index (κ1) is 12.4. The number of carboxylic acid groups (broad SMARTS) is 1. The Morgan fingerprint density at radius 2 is 1.85 bits per heavy atom. The van der Waals surface area contributed by atoms with Gasteiger partial charge in [0, 0.05) is 10.6 Å². The maximum Gasteiger partial charge on any atom is 0.343 e. The minimum atomic E-state index is -1.12. The Kier molecular flexibility index (Phi) is 5.65. The normalized spacial score (nSPS) is 12.5. The number of hydrogen-bond acceptors (Lipinski definition) is 3. The molecule has 0 radical (unpaired) electrons. The second kappa shape index (κ2) is 5.93. The summed E-state index contributed by atoms with van der Waals surface area (Å²) in [5.74, 6) is -1.68. The molecule has 0 rings (SSSR count). The minimum absolute atomic E-state index is 0.0624. The zero-order valence-electron chi connectivity index (χ0n) is 6.58. The average molecular weight is 314 g/mol. The van der Waals surface area contributed by atoms with E-state index >= 15 is 0 Å². The van der Waals surface area contributed by atoms with Crippen molar-refractivity contribution in [3.05, 3.63) is 21.1 Å². The number of rotatable bonds is 3. The first-order valence-electron chi connectivity index (χ1n) is 3.03. The number of halogens is 2. The van der Waals surface area contributed by atoms with Gasteiger partial charge in [-0.2, -0.15) is 0 Å². The van der Waals surface area contributed by atoms with Gasteiger partial charge in [-0.15, -0.1) is 0 Å². The Morgan fingerprint density at radius 1 is 1.31 bits per heavy atom. The van der Waals surface area contributed by atoms with Crippen molar-refractivity contribution < 1.29 is 19.4 Å². The monoisotopic (exact) mass is 312 g/mol. The van der Waals surface area contributed by atoms with Crippen molar-refractivity contribution in [2.24, 2.45) is 0 Å². The van der Waals surface area contributed by atoms with E-state index in [0.717, 1.165) is 6.08 Å². The number of carbonyl (C=O) groups is 2. The summed E-state index contributed by atoms with van der Waals surface area (Å²) < 4.78 is 4.50. The van der Waals surface area contributed by atoms with Crippen LogP contribution >= 0.6 is 31.9 Å². The zero-order chi connectivity index (χ0) is 10.4. The molecular weight excluding hydrogens is 308 g/mol. The Balaban J connectivity index is 4.54. The van der Waals surface area contributed by atoms with E-state index in [1.54, 1.807) is 0 Å². The highest BCUT2D eigenvalue weighted by molar-refractivity contribution is 9.14. The van der Waals surface area contributed by atoms with Crippen LogP contribution in [0.4, 0.5) is 0 Å². The van der Waals surface area contributed by atoms with E-state index < -0.39 is 11.9 Å². The molecular formula is C7H6Br2O4. The lowest BCUT2D eigenvalue weighted by atomic mass is 10.4. The summed E-state index contributed by atoms with van der Waals surface area (Å²) in [6.45, 7) is 0. The highest BCUT2D eigenvalue weighted by atomic mass is 79.9. The van der Waals surface area contributed by atoms with Crippen LogP contribution < -0.4 is 0 Å². The van der Waals surface area contributed by atoms with Crippen LogP contribution in [0, 0.1) is 0 Å². The van der Waals surface area contributed by atoms with Crippen LogP contribution in [-0.2, 0) is 14.3 Å². The lowest BCUT2D eigenvalue weighted by Crippen LogP contribution is -1.96. The van der Waals surface area contributed by atoms with Crippen molar-refractivity contribution in [2.75, 3.05) is 7.11 Å². The Labute approximate surface area is 91.5 Å². The molecule has 6 heteroatoms. The maximum absolute atomic E-state index is 10.6. The van der Waals surface area contributed by atoms with Crippen LogP contribution in [0.3, 0.4) is 0 Å². The van der Waals surface area contributed by atoms with Gasteiger partial charge in [0.15, 0.2) is 0 Å². The molecule has 0 saturated carbocycles. The van der Waals surface area contributed by atoms with Gasteiger partial charge in [0.2, 0.25) is 0 Å². The van der Waals surface area contributed by atoms with Crippen molar-refractivity contribution in [1.29, 1.82) is 0 Å². The molecule has 0 bridgehead atoms. The molecule has 72 valence electrons. The molecule has 0 aromatic carbocycles. The topological polar surface area (TPSA) is 63.6 Å². The molecule has 0 aromatic rings. The standard InChI is InChI=1S/C7H6Br2O4/c1-13-5(10)3-2-4(8)6(9)7(11)12/h2-3H,1H3,(H,11,12)/b3-2+,6-4-. The molecule has 0 spiro atoms. The highest BCUT2D eigenvalue weighted by Crippen LogP contribution is 2.19. The van der Waals surface area contributed by atoms with Crippen molar-refractivity contribution in [3.63, 3.8) is 0 Å². The van der Waals surface area contributed by atoms with Crippen LogP contribution in [-0.4, -0.2) is 24.2 Å². The first-order valence-corrected chi connectivity index (χ1v) is 4.62. The third kappa shape index (κ3) is 4.84. The summed E-state index contributed by atoms with van der Waals surface area (Å²) in [6.07, 6.45) is 2.39. The van der Waals surface area contributed by atoms with Crippen molar-refractivity contribution in [2.45, 2.75) is 0 Å². The first-order chi connectivity index (χ1) is 5.99. The van der Waals surface area contributed by atoms with E-state index in [-0.39, 0.29) is 8.96 Å². The minimum Gasteiger partial charge on any atom is -0.477 e. The van der Waals surface area contributed by atoms with Gasteiger partial charge >= 0.3 is 11.9 Å². The van der Waals surface area contributed by atoms with Gasteiger partial charge in [-0.05, 0) is 37.9 Å². The molecule has 0 atom stereocenters. The summed E-state index contributed by atoms with van der Waals surface area (Å²) in [6, 6.07) is 0. The number of allylic oxidation sites excluding steroid dienone is 2. The molecule has 13 heavy (non-hydrogen) atoms. The van der Waals surface area contributed by atoms with Crippen LogP contribution in [0.15, 0.2) is 21.1 Å². The third-order valence-corrected chi connectivity index (χ3v) is 2.92. The molecule has 1 N–H and O–H groups in total. The molecule has 0 aliphatic rings. The molecule has 0 aromatic heterocycles. The van der Waals surface area contributed by atoms with E-state index in [4.69, 9.17) is 5.11 Å². The maximum atomic E-state index is 10.6. The van der Waals surface area contributed by atoms with Gasteiger partial charge in [-0.3, -0.25) is 0 Å². The Hall–Kier alpha value is -0.620. The highest BCUT2D eigenvalue weighted by Gasteiger charge is 2.06. The zero-order valence-corrected chi connectivity index (χ0v) is 9.75. The SMILES string of the molecule is COC(=O)/C=C/C(Br)=C(/Br)C(=O)O. The average Bonchev–Trinajstić information content (AvgIpc) is 2.11. The van der Waals surface area contributed by atoms with E-state index in [1.165, 1.54) is 13.2 Å². The second-order valence-corrected chi connectivity index (χ2v) is 3.47. The Bertz CT molecular complexity index is 280. The molecule has 0 saturated heterocycles. The number of esters is 1. The fourth-order valence-corrected chi connectivity index (χ4v) is 0.818. The second-order valence-electron chi connectivity index (χ2n) is 1.82.